The normalized spacial score (nSPS) is 12.4. The standard InChI is InChI=1S/C28H29ClN6O3/c1-18-6-7-19(2)25-23(18)15-24(28(36)30-25)26(27-31-32-33-35(27)12-14-37-3)34(17-22-5-4-13-38-22)16-20-8-10-21(29)11-9-20/h4-11,13,15,26H,12,14,16-17H2,1-3H3,(H,30,36)/t26-/m1/s1. The van der Waals surface area contributed by atoms with Crippen molar-refractivity contribution >= 4 is 22.5 Å². The van der Waals surface area contributed by atoms with E-state index in [-0.39, 0.29) is 5.56 Å². The Morgan fingerprint density at radius 3 is 2.63 bits per heavy atom. The first-order valence-corrected chi connectivity index (χ1v) is 12.7. The summed E-state index contributed by atoms with van der Waals surface area (Å²) in [6, 6.07) is 16.9. The molecule has 3 heterocycles. The molecule has 5 rings (SSSR count). The molecule has 3 aromatic heterocycles. The number of nitrogens with zero attached hydrogens (tertiary/aromatic N) is 5. The Labute approximate surface area is 225 Å². The molecule has 0 fully saturated rings. The second-order valence-electron chi connectivity index (χ2n) is 9.31. The van der Waals surface area contributed by atoms with Crippen LogP contribution in [0.25, 0.3) is 10.9 Å². The summed E-state index contributed by atoms with van der Waals surface area (Å²) in [6.07, 6.45) is 1.64. The summed E-state index contributed by atoms with van der Waals surface area (Å²) in [5, 5.41) is 14.2. The number of tetrazole rings is 1. The van der Waals surface area contributed by atoms with Crippen LogP contribution in [0.4, 0.5) is 0 Å². The summed E-state index contributed by atoms with van der Waals surface area (Å²) in [5.74, 6) is 1.29. The third kappa shape index (κ3) is 5.40. The smallest absolute Gasteiger partial charge is 0.253 e. The molecule has 0 amide bonds. The van der Waals surface area contributed by atoms with Crippen molar-refractivity contribution in [2.45, 2.75) is 39.5 Å². The lowest BCUT2D eigenvalue weighted by Gasteiger charge is -2.30. The highest BCUT2D eigenvalue weighted by Gasteiger charge is 2.31. The minimum Gasteiger partial charge on any atom is -0.468 e. The van der Waals surface area contributed by atoms with E-state index >= 15 is 0 Å². The Balaban J connectivity index is 1.71. The van der Waals surface area contributed by atoms with Gasteiger partial charge in [0.2, 0.25) is 0 Å². The number of methoxy groups -OCH3 is 1. The number of H-pyrrole nitrogens is 1. The number of furan rings is 1. The van der Waals surface area contributed by atoms with Crippen LogP contribution in [-0.2, 0) is 24.4 Å². The first-order valence-electron chi connectivity index (χ1n) is 12.3. The van der Waals surface area contributed by atoms with Gasteiger partial charge in [-0.15, -0.1) is 5.10 Å². The van der Waals surface area contributed by atoms with Gasteiger partial charge in [0.1, 0.15) is 11.8 Å². The fraction of sp³-hybridized carbons (Fsp3) is 0.286. The summed E-state index contributed by atoms with van der Waals surface area (Å²) in [4.78, 5) is 19.0. The van der Waals surface area contributed by atoms with Crippen LogP contribution in [0.1, 0.15) is 39.9 Å². The molecule has 0 aliphatic heterocycles. The van der Waals surface area contributed by atoms with Crippen LogP contribution in [0.5, 0.6) is 0 Å². The Kier molecular flexibility index (Phi) is 7.69. The number of benzene rings is 2. The Hall–Kier alpha value is -3.79. The number of aromatic nitrogens is 5. The number of rotatable bonds is 10. The van der Waals surface area contributed by atoms with E-state index in [0.29, 0.717) is 42.7 Å². The van der Waals surface area contributed by atoms with Gasteiger partial charge >= 0.3 is 0 Å². The minimum absolute atomic E-state index is 0.196. The number of nitrogens with one attached hydrogen (secondary N) is 1. The number of ether oxygens (including phenoxy) is 1. The predicted molar refractivity (Wildman–Crippen MR) is 145 cm³/mol. The molecule has 1 N–H and O–H groups in total. The van der Waals surface area contributed by atoms with Crippen LogP contribution in [0, 0.1) is 13.8 Å². The maximum atomic E-state index is 13.7. The lowest BCUT2D eigenvalue weighted by atomic mass is 9.99. The first kappa shape index (κ1) is 25.8. The lowest BCUT2D eigenvalue weighted by Crippen LogP contribution is -2.35. The zero-order valence-corrected chi connectivity index (χ0v) is 22.3. The maximum Gasteiger partial charge on any atom is 0.253 e. The molecule has 0 aliphatic rings. The molecule has 38 heavy (non-hydrogen) atoms. The summed E-state index contributed by atoms with van der Waals surface area (Å²) in [5.41, 5.74) is 4.26. The van der Waals surface area contributed by atoms with Gasteiger partial charge in [-0.25, -0.2) is 4.68 Å². The molecule has 0 bridgehead atoms. The van der Waals surface area contributed by atoms with Gasteiger partial charge in [0.15, 0.2) is 5.82 Å². The van der Waals surface area contributed by atoms with Gasteiger partial charge in [-0.1, -0.05) is 35.9 Å². The molecular weight excluding hydrogens is 504 g/mol. The van der Waals surface area contributed by atoms with Gasteiger partial charge in [-0.05, 0) is 71.3 Å². The van der Waals surface area contributed by atoms with Crippen molar-refractivity contribution < 1.29 is 9.15 Å². The van der Waals surface area contributed by atoms with E-state index in [1.54, 1.807) is 18.1 Å². The zero-order chi connectivity index (χ0) is 26.6. The first-order chi connectivity index (χ1) is 18.4. The fourth-order valence-electron chi connectivity index (χ4n) is 4.70. The molecule has 5 aromatic rings. The minimum atomic E-state index is -0.587. The van der Waals surface area contributed by atoms with Crippen molar-refractivity contribution in [3.8, 4) is 0 Å². The predicted octanol–water partition coefficient (Wildman–Crippen LogP) is 4.82. The zero-order valence-electron chi connectivity index (χ0n) is 21.5. The van der Waals surface area contributed by atoms with Crippen LogP contribution in [0.15, 0.2) is 70.1 Å². The van der Waals surface area contributed by atoms with Gasteiger partial charge in [0.25, 0.3) is 5.56 Å². The van der Waals surface area contributed by atoms with Crippen LogP contribution >= 0.6 is 11.6 Å². The van der Waals surface area contributed by atoms with Crippen LogP contribution in [0.2, 0.25) is 5.02 Å². The number of halogens is 1. The van der Waals surface area contributed by atoms with Gasteiger partial charge in [0, 0.05) is 29.6 Å². The summed E-state index contributed by atoms with van der Waals surface area (Å²) in [6.45, 7) is 5.80. The highest BCUT2D eigenvalue weighted by atomic mass is 35.5. The molecule has 0 spiro atoms. The number of aryl methyl sites for hydroxylation is 2. The molecule has 0 unspecified atom stereocenters. The van der Waals surface area contributed by atoms with E-state index in [0.717, 1.165) is 33.4 Å². The Morgan fingerprint density at radius 1 is 1.11 bits per heavy atom. The fourth-order valence-corrected chi connectivity index (χ4v) is 4.83. The third-order valence-electron chi connectivity index (χ3n) is 6.68. The molecule has 0 saturated heterocycles. The number of hydrogen-bond acceptors (Lipinski definition) is 7. The SMILES string of the molecule is COCCn1nnnc1[C@@H](c1cc2c(C)ccc(C)c2[nH]c1=O)N(Cc1ccc(Cl)cc1)Cc1ccco1. The molecule has 9 nitrogen and oxygen atoms in total. The maximum absolute atomic E-state index is 13.7. The van der Waals surface area contributed by atoms with Crippen molar-refractivity contribution in [2.24, 2.45) is 0 Å². The molecule has 10 heteroatoms. The number of fused-ring (bicyclic) bond motifs is 1. The highest BCUT2D eigenvalue weighted by molar-refractivity contribution is 6.30. The molecule has 0 aliphatic carbocycles. The second kappa shape index (κ2) is 11.3. The van der Waals surface area contributed by atoms with Crippen LogP contribution in [0.3, 0.4) is 0 Å². The van der Waals surface area contributed by atoms with Crippen LogP contribution in [-0.4, -0.2) is 43.8 Å². The quantitative estimate of drug-likeness (QED) is 0.275. The van der Waals surface area contributed by atoms with Crippen molar-refractivity contribution in [1.82, 2.24) is 30.1 Å². The molecule has 0 radical (unpaired) electrons. The van der Waals surface area contributed by atoms with E-state index in [2.05, 4.69) is 31.5 Å². The lowest BCUT2D eigenvalue weighted by molar-refractivity contribution is 0.163. The van der Waals surface area contributed by atoms with Gasteiger partial charge in [0.05, 0.1) is 31.5 Å². The van der Waals surface area contributed by atoms with Crippen molar-refractivity contribution in [2.75, 3.05) is 13.7 Å². The van der Waals surface area contributed by atoms with Gasteiger partial charge in [-0.3, -0.25) is 9.69 Å². The average Bonchev–Trinajstić information content (AvgIpc) is 3.59. The third-order valence-corrected chi connectivity index (χ3v) is 6.93. The molecular formula is C28H29ClN6O3. The molecule has 1 atom stereocenters. The topological polar surface area (TPSA) is 102 Å². The van der Waals surface area contributed by atoms with E-state index in [1.165, 1.54) is 0 Å². The largest absolute Gasteiger partial charge is 0.468 e. The van der Waals surface area contributed by atoms with Crippen molar-refractivity contribution in [3.05, 3.63) is 110 Å². The van der Waals surface area contributed by atoms with Crippen molar-refractivity contribution in [1.29, 1.82) is 0 Å². The highest BCUT2D eigenvalue weighted by Crippen LogP contribution is 2.31. The Morgan fingerprint density at radius 2 is 1.89 bits per heavy atom. The average molecular weight is 533 g/mol. The summed E-state index contributed by atoms with van der Waals surface area (Å²) in [7, 11) is 1.63. The van der Waals surface area contributed by atoms with Gasteiger partial charge < -0.3 is 14.1 Å². The second-order valence-corrected chi connectivity index (χ2v) is 9.74. The molecule has 196 valence electrons. The van der Waals surface area contributed by atoms with E-state index < -0.39 is 6.04 Å². The number of aromatic amines is 1. The van der Waals surface area contributed by atoms with Gasteiger partial charge in [-0.2, -0.15) is 0 Å². The van der Waals surface area contributed by atoms with E-state index in [1.807, 2.05) is 62.4 Å². The number of pyridine rings is 1. The summed E-state index contributed by atoms with van der Waals surface area (Å²) >= 11 is 6.16. The van der Waals surface area contributed by atoms with E-state index in [4.69, 9.17) is 20.8 Å². The van der Waals surface area contributed by atoms with Crippen LogP contribution < -0.4 is 5.56 Å². The number of hydrogen-bond donors (Lipinski definition) is 1. The summed E-state index contributed by atoms with van der Waals surface area (Å²) < 4.78 is 12.7. The van der Waals surface area contributed by atoms with Crippen molar-refractivity contribution in [3.63, 3.8) is 0 Å². The monoisotopic (exact) mass is 532 g/mol. The molecule has 0 saturated carbocycles. The Bertz CT molecular complexity index is 1580. The molecule has 2 aromatic carbocycles. The van der Waals surface area contributed by atoms with E-state index in [9.17, 15) is 4.79 Å².